The molecule has 0 bridgehead atoms. The number of nitro benzene ring substituents is 1. The molecule has 2 amide bonds. The van der Waals surface area contributed by atoms with E-state index < -0.39 is 40.8 Å². The molecule has 0 spiro atoms. The number of aliphatic carboxylic acids is 1. The topological polar surface area (TPSA) is 139 Å². The van der Waals surface area contributed by atoms with E-state index >= 15 is 0 Å². The molecular weight excluding hydrogens is 406 g/mol. The maximum Gasteiger partial charge on any atom is 0.341 e. The van der Waals surface area contributed by atoms with Crippen molar-refractivity contribution in [3.05, 3.63) is 68.7 Å². The van der Waals surface area contributed by atoms with Crippen LogP contribution in [-0.4, -0.2) is 34.4 Å². The number of halogens is 1. The molecule has 1 aliphatic heterocycles. The third-order valence-corrected chi connectivity index (χ3v) is 4.08. The largest absolute Gasteiger partial charge is 0.479 e. The summed E-state index contributed by atoms with van der Waals surface area (Å²) < 4.78 is 4.88. The number of rotatable bonds is 6. The number of amides is 2. The smallest absolute Gasteiger partial charge is 0.341 e. The Balaban J connectivity index is 1.97. The van der Waals surface area contributed by atoms with Crippen LogP contribution in [0.1, 0.15) is 5.56 Å². The molecule has 1 aliphatic rings. The van der Waals surface area contributed by atoms with E-state index in [4.69, 9.17) is 21.4 Å². The Bertz CT molecular complexity index is 1050. The lowest BCUT2D eigenvalue weighted by Gasteiger charge is -2.13. The molecule has 148 valence electrons. The van der Waals surface area contributed by atoms with Crippen molar-refractivity contribution in [3.63, 3.8) is 0 Å². The van der Waals surface area contributed by atoms with Gasteiger partial charge in [0, 0.05) is 6.07 Å². The first-order valence-corrected chi connectivity index (χ1v) is 8.40. The lowest BCUT2D eigenvalue weighted by atomic mass is 10.1. The summed E-state index contributed by atoms with van der Waals surface area (Å²) in [6.07, 6.45) is 1.15. The average Bonchev–Trinajstić information content (AvgIpc) is 2.95. The lowest BCUT2D eigenvalue weighted by Crippen LogP contribution is -2.35. The normalized spacial score (nSPS) is 14.8. The molecule has 0 atom stereocenters. The highest BCUT2D eigenvalue weighted by Crippen LogP contribution is 2.37. The Labute approximate surface area is 168 Å². The minimum Gasteiger partial charge on any atom is -0.479 e. The van der Waals surface area contributed by atoms with E-state index in [1.165, 1.54) is 6.07 Å². The summed E-state index contributed by atoms with van der Waals surface area (Å²) in [7, 11) is 0. The molecule has 0 saturated carbocycles. The molecule has 1 fully saturated rings. The second kappa shape index (κ2) is 7.98. The summed E-state index contributed by atoms with van der Waals surface area (Å²) in [5.41, 5.74) is 2.09. The summed E-state index contributed by atoms with van der Waals surface area (Å²) in [5.74, 6) is -3.10. The number of benzene rings is 2. The average molecular weight is 418 g/mol. The number of nitrogens with zero attached hydrogens (tertiary/aromatic N) is 2. The van der Waals surface area contributed by atoms with Gasteiger partial charge in [-0.3, -0.25) is 25.1 Å². The van der Waals surface area contributed by atoms with E-state index in [1.54, 1.807) is 30.3 Å². The number of hydrogen-bond acceptors (Lipinski definition) is 6. The van der Waals surface area contributed by atoms with Crippen LogP contribution < -0.4 is 15.2 Å². The number of hydrazine groups is 1. The van der Waals surface area contributed by atoms with Crippen molar-refractivity contribution in [1.29, 1.82) is 0 Å². The molecule has 0 aliphatic carbocycles. The van der Waals surface area contributed by atoms with Crippen molar-refractivity contribution in [2.45, 2.75) is 0 Å². The number of anilines is 1. The maximum absolute atomic E-state index is 12.6. The zero-order valence-electron chi connectivity index (χ0n) is 14.5. The van der Waals surface area contributed by atoms with Crippen molar-refractivity contribution in [2.75, 3.05) is 11.6 Å². The number of carboxylic acid groups (broad SMARTS) is 1. The summed E-state index contributed by atoms with van der Waals surface area (Å²) >= 11 is 6.00. The van der Waals surface area contributed by atoms with Crippen molar-refractivity contribution >= 4 is 46.8 Å². The van der Waals surface area contributed by atoms with E-state index in [0.29, 0.717) is 5.69 Å². The first-order chi connectivity index (χ1) is 13.8. The van der Waals surface area contributed by atoms with Crippen LogP contribution in [0.15, 0.2) is 48.0 Å². The van der Waals surface area contributed by atoms with Gasteiger partial charge in [-0.1, -0.05) is 29.8 Å². The van der Waals surface area contributed by atoms with Gasteiger partial charge in [-0.05, 0) is 29.8 Å². The molecule has 0 radical (unpaired) electrons. The predicted octanol–water partition coefficient (Wildman–Crippen LogP) is 2.17. The predicted molar refractivity (Wildman–Crippen MR) is 101 cm³/mol. The van der Waals surface area contributed by atoms with Gasteiger partial charge in [0.1, 0.15) is 5.57 Å². The van der Waals surface area contributed by atoms with Crippen molar-refractivity contribution < 1.29 is 29.2 Å². The minimum absolute atomic E-state index is 0.0952. The van der Waals surface area contributed by atoms with Gasteiger partial charge in [-0.15, -0.1) is 0 Å². The third-order valence-electron chi connectivity index (χ3n) is 3.80. The van der Waals surface area contributed by atoms with Crippen LogP contribution in [-0.2, 0) is 14.4 Å². The molecule has 2 aromatic rings. The number of carboxylic acids is 1. The highest BCUT2D eigenvalue weighted by atomic mass is 35.5. The summed E-state index contributed by atoms with van der Waals surface area (Å²) in [4.78, 5) is 46.0. The number of carbonyl (C=O) groups is 3. The molecule has 1 saturated heterocycles. The van der Waals surface area contributed by atoms with Crippen molar-refractivity contribution in [2.24, 2.45) is 0 Å². The number of ether oxygens (including phenoxy) is 1. The second-order valence-electron chi connectivity index (χ2n) is 5.77. The first-order valence-electron chi connectivity index (χ1n) is 8.02. The summed E-state index contributed by atoms with van der Waals surface area (Å²) in [6.45, 7) is -0.825. The molecule has 2 N–H and O–H groups in total. The zero-order chi connectivity index (χ0) is 21.1. The van der Waals surface area contributed by atoms with Crippen LogP contribution in [0.3, 0.4) is 0 Å². The van der Waals surface area contributed by atoms with Crippen LogP contribution in [0.4, 0.5) is 11.4 Å². The number of hydrogen-bond donors (Lipinski definition) is 2. The van der Waals surface area contributed by atoms with Gasteiger partial charge in [-0.25, -0.2) is 9.80 Å². The summed E-state index contributed by atoms with van der Waals surface area (Å²) in [5, 5.41) is 20.8. The van der Waals surface area contributed by atoms with Gasteiger partial charge in [-0.2, -0.15) is 0 Å². The molecule has 10 nitrogen and oxygen atoms in total. The monoisotopic (exact) mass is 417 g/mol. The molecule has 1 heterocycles. The highest BCUT2D eigenvalue weighted by molar-refractivity contribution is 6.33. The Hall–Kier alpha value is -3.92. The fraction of sp³-hybridized carbons (Fsp3) is 0.0556. The second-order valence-corrected chi connectivity index (χ2v) is 6.17. The molecule has 2 aromatic carbocycles. The molecule has 0 unspecified atom stereocenters. The quantitative estimate of drug-likeness (QED) is 0.317. The van der Waals surface area contributed by atoms with Crippen LogP contribution >= 0.6 is 11.6 Å². The molecule has 29 heavy (non-hydrogen) atoms. The SMILES string of the molecule is O=C(O)COc1c(Cl)cc(C=C2C(=O)NN(c3ccccc3)C2=O)cc1[N+](=O)[O-]. The standard InChI is InChI=1S/C18H12ClN3O7/c19-13-7-10(8-14(22(27)28)16(13)29-9-15(23)24)6-12-17(25)20-21(18(12)26)11-4-2-1-3-5-11/h1-8H,9H2,(H,20,25)(H,23,24). The maximum atomic E-state index is 12.6. The summed E-state index contributed by atoms with van der Waals surface area (Å²) in [6, 6.07) is 10.6. The Morgan fingerprint density at radius 1 is 1.28 bits per heavy atom. The third kappa shape index (κ3) is 4.17. The Kier molecular flexibility index (Phi) is 5.46. The lowest BCUT2D eigenvalue weighted by molar-refractivity contribution is -0.385. The zero-order valence-corrected chi connectivity index (χ0v) is 15.3. The van der Waals surface area contributed by atoms with Crippen molar-refractivity contribution in [1.82, 2.24) is 5.43 Å². The van der Waals surface area contributed by atoms with E-state index in [0.717, 1.165) is 17.2 Å². The van der Waals surface area contributed by atoms with Gasteiger partial charge in [0.25, 0.3) is 11.8 Å². The van der Waals surface area contributed by atoms with Gasteiger partial charge >= 0.3 is 11.7 Å². The van der Waals surface area contributed by atoms with Crippen LogP contribution in [0.2, 0.25) is 5.02 Å². The molecule has 0 aromatic heterocycles. The molecule has 3 rings (SSSR count). The van der Waals surface area contributed by atoms with Gasteiger partial charge in [0.15, 0.2) is 6.61 Å². The first kappa shape index (κ1) is 19.8. The van der Waals surface area contributed by atoms with E-state index in [-0.39, 0.29) is 16.2 Å². The van der Waals surface area contributed by atoms with Crippen LogP contribution in [0, 0.1) is 10.1 Å². The number of para-hydroxylation sites is 1. The Morgan fingerprint density at radius 3 is 2.59 bits per heavy atom. The number of nitro groups is 1. The van der Waals surface area contributed by atoms with Crippen LogP contribution in [0.5, 0.6) is 5.75 Å². The molecular formula is C18H12ClN3O7. The van der Waals surface area contributed by atoms with E-state index in [1.807, 2.05) is 0 Å². The van der Waals surface area contributed by atoms with Gasteiger partial charge < -0.3 is 9.84 Å². The van der Waals surface area contributed by atoms with E-state index in [2.05, 4.69) is 5.43 Å². The fourth-order valence-corrected chi connectivity index (χ4v) is 2.86. The minimum atomic E-state index is -1.34. The molecule has 11 heteroatoms. The number of nitrogens with one attached hydrogen (secondary N) is 1. The Morgan fingerprint density at radius 2 is 1.97 bits per heavy atom. The highest BCUT2D eigenvalue weighted by Gasteiger charge is 2.34. The fourth-order valence-electron chi connectivity index (χ4n) is 2.58. The number of carbonyl (C=O) groups excluding carboxylic acids is 2. The van der Waals surface area contributed by atoms with E-state index in [9.17, 15) is 24.5 Å². The van der Waals surface area contributed by atoms with Crippen molar-refractivity contribution in [3.8, 4) is 5.75 Å². The van der Waals surface area contributed by atoms with Gasteiger partial charge in [0.2, 0.25) is 5.75 Å². The van der Waals surface area contributed by atoms with Crippen LogP contribution in [0.25, 0.3) is 6.08 Å². The van der Waals surface area contributed by atoms with Gasteiger partial charge in [0.05, 0.1) is 15.6 Å².